The summed E-state index contributed by atoms with van der Waals surface area (Å²) in [6.45, 7) is 4.49. The van der Waals surface area contributed by atoms with E-state index in [4.69, 9.17) is 4.52 Å². The lowest BCUT2D eigenvalue weighted by molar-refractivity contribution is 0.0950. The Hall–Kier alpha value is -2.51. The van der Waals surface area contributed by atoms with Gasteiger partial charge in [-0.25, -0.2) is 0 Å². The van der Waals surface area contributed by atoms with Crippen molar-refractivity contribution in [3.05, 3.63) is 29.5 Å². The molecule has 0 spiro atoms. The third kappa shape index (κ3) is 3.47. The van der Waals surface area contributed by atoms with Crippen molar-refractivity contribution in [2.24, 2.45) is 0 Å². The Morgan fingerprint density at radius 1 is 1.37 bits per heavy atom. The van der Waals surface area contributed by atoms with Gasteiger partial charge in [-0.1, -0.05) is 5.16 Å². The van der Waals surface area contributed by atoms with Crippen LogP contribution in [0.4, 0.5) is 5.82 Å². The zero-order valence-electron chi connectivity index (χ0n) is 10.7. The Bertz CT molecular complexity index is 551. The quantitative estimate of drug-likeness (QED) is 0.809. The number of amides is 1. The maximum absolute atomic E-state index is 11.5. The first-order valence-corrected chi connectivity index (χ1v) is 5.84. The van der Waals surface area contributed by atoms with Gasteiger partial charge in [0.15, 0.2) is 11.5 Å². The molecule has 0 saturated carbocycles. The van der Waals surface area contributed by atoms with Crippen molar-refractivity contribution in [2.45, 2.75) is 20.4 Å². The molecule has 2 heterocycles. The van der Waals surface area contributed by atoms with Crippen LogP contribution >= 0.6 is 0 Å². The number of carbonyl (C=O) groups is 1. The van der Waals surface area contributed by atoms with Gasteiger partial charge >= 0.3 is 0 Å². The first-order chi connectivity index (χ1) is 9.19. The van der Waals surface area contributed by atoms with Crippen molar-refractivity contribution >= 4 is 11.7 Å². The van der Waals surface area contributed by atoms with Crippen LogP contribution in [0.2, 0.25) is 0 Å². The summed E-state index contributed by atoms with van der Waals surface area (Å²) in [5.74, 6) is 1.33. The topological polar surface area (TPSA) is 106 Å². The van der Waals surface area contributed by atoms with E-state index in [9.17, 15) is 4.79 Å². The Labute approximate surface area is 109 Å². The van der Waals surface area contributed by atoms with E-state index in [0.29, 0.717) is 30.6 Å². The summed E-state index contributed by atoms with van der Waals surface area (Å²) in [6.07, 6.45) is 0. The molecule has 0 aliphatic rings. The second-order valence-corrected chi connectivity index (χ2v) is 3.75. The normalized spacial score (nSPS) is 10.2. The highest BCUT2D eigenvalue weighted by molar-refractivity contribution is 5.92. The summed E-state index contributed by atoms with van der Waals surface area (Å²) < 4.78 is 4.94. The van der Waals surface area contributed by atoms with Crippen molar-refractivity contribution < 1.29 is 9.32 Å². The fraction of sp³-hybridized carbons (Fsp3) is 0.364. The van der Waals surface area contributed by atoms with E-state index >= 15 is 0 Å². The van der Waals surface area contributed by atoms with E-state index < -0.39 is 0 Å². The number of hydrogen-bond donors (Lipinski definition) is 2. The van der Waals surface area contributed by atoms with Crippen LogP contribution in [0.5, 0.6) is 0 Å². The van der Waals surface area contributed by atoms with Crippen molar-refractivity contribution in [1.82, 2.24) is 25.7 Å². The van der Waals surface area contributed by atoms with Gasteiger partial charge < -0.3 is 15.2 Å². The van der Waals surface area contributed by atoms with Crippen LogP contribution in [0.3, 0.4) is 0 Å². The van der Waals surface area contributed by atoms with Crippen LogP contribution in [-0.4, -0.2) is 32.8 Å². The summed E-state index contributed by atoms with van der Waals surface area (Å²) in [6, 6.07) is 3.26. The van der Waals surface area contributed by atoms with Gasteiger partial charge in [0.2, 0.25) is 5.89 Å². The van der Waals surface area contributed by atoms with E-state index in [-0.39, 0.29) is 11.6 Å². The Balaban J connectivity index is 1.93. The van der Waals surface area contributed by atoms with E-state index in [1.165, 1.54) is 0 Å². The van der Waals surface area contributed by atoms with Gasteiger partial charge in [0, 0.05) is 6.54 Å². The molecule has 8 heteroatoms. The third-order valence-electron chi connectivity index (χ3n) is 2.22. The average molecular weight is 262 g/mol. The molecule has 2 rings (SSSR count). The van der Waals surface area contributed by atoms with Gasteiger partial charge in [0.05, 0.1) is 6.54 Å². The molecule has 8 nitrogen and oxygen atoms in total. The number of hydrogen-bond acceptors (Lipinski definition) is 7. The van der Waals surface area contributed by atoms with Crippen LogP contribution in [0.15, 0.2) is 16.7 Å². The Morgan fingerprint density at radius 2 is 2.21 bits per heavy atom. The highest BCUT2D eigenvalue weighted by Gasteiger charge is 2.07. The SMILES string of the molecule is CCNC(=O)c1ccc(NCc2nc(C)no2)nn1. The van der Waals surface area contributed by atoms with E-state index in [1.54, 1.807) is 19.1 Å². The predicted octanol–water partition coefficient (Wildman–Crippen LogP) is 0.530. The maximum atomic E-state index is 11.5. The van der Waals surface area contributed by atoms with Crippen LogP contribution in [0.25, 0.3) is 0 Å². The Morgan fingerprint density at radius 3 is 2.79 bits per heavy atom. The van der Waals surface area contributed by atoms with Gasteiger partial charge in [-0.15, -0.1) is 10.2 Å². The highest BCUT2D eigenvalue weighted by Crippen LogP contribution is 2.04. The lowest BCUT2D eigenvalue weighted by Crippen LogP contribution is -2.24. The molecular formula is C11H14N6O2. The highest BCUT2D eigenvalue weighted by atomic mass is 16.5. The van der Waals surface area contributed by atoms with Crippen molar-refractivity contribution in [2.75, 3.05) is 11.9 Å². The smallest absolute Gasteiger partial charge is 0.271 e. The number of carbonyl (C=O) groups excluding carboxylic acids is 1. The van der Waals surface area contributed by atoms with Crippen molar-refractivity contribution in [3.63, 3.8) is 0 Å². The van der Waals surface area contributed by atoms with Gasteiger partial charge in [0.25, 0.3) is 5.91 Å². The zero-order chi connectivity index (χ0) is 13.7. The first-order valence-electron chi connectivity index (χ1n) is 5.84. The monoisotopic (exact) mass is 262 g/mol. The molecule has 2 aromatic rings. The molecule has 0 saturated heterocycles. The summed E-state index contributed by atoms with van der Waals surface area (Å²) in [4.78, 5) is 15.5. The number of rotatable bonds is 5. The fourth-order valence-electron chi connectivity index (χ4n) is 1.38. The van der Waals surface area contributed by atoms with Crippen molar-refractivity contribution in [1.29, 1.82) is 0 Å². The average Bonchev–Trinajstić information content (AvgIpc) is 2.83. The molecule has 1 amide bonds. The standard InChI is InChI=1S/C11H14N6O2/c1-3-12-11(18)8-4-5-9(16-15-8)13-6-10-14-7(2)17-19-10/h4-5H,3,6H2,1-2H3,(H,12,18)(H,13,16). The molecule has 0 bridgehead atoms. The second-order valence-electron chi connectivity index (χ2n) is 3.75. The van der Waals surface area contributed by atoms with Gasteiger partial charge in [-0.2, -0.15) is 4.98 Å². The molecule has 2 N–H and O–H groups in total. The molecular weight excluding hydrogens is 248 g/mol. The third-order valence-corrected chi connectivity index (χ3v) is 2.22. The van der Waals surface area contributed by atoms with Crippen molar-refractivity contribution in [3.8, 4) is 0 Å². The molecule has 0 radical (unpaired) electrons. The maximum Gasteiger partial charge on any atom is 0.271 e. The molecule has 100 valence electrons. The molecule has 19 heavy (non-hydrogen) atoms. The lowest BCUT2D eigenvalue weighted by Gasteiger charge is -2.03. The molecule has 0 aliphatic heterocycles. The lowest BCUT2D eigenvalue weighted by atomic mass is 10.3. The fourth-order valence-corrected chi connectivity index (χ4v) is 1.38. The minimum atomic E-state index is -0.242. The number of nitrogens with zero attached hydrogens (tertiary/aromatic N) is 4. The zero-order valence-corrected chi connectivity index (χ0v) is 10.7. The molecule has 0 aromatic carbocycles. The van der Waals surface area contributed by atoms with Gasteiger partial charge in [-0.3, -0.25) is 4.79 Å². The summed E-state index contributed by atoms with van der Waals surface area (Å²) in [5, 5.41) is 17.0. The number of aromatic nitrogens is 4. The molecule has 0 fully saturated rings. The number of aryl methyl sites for hydroxylation is 1. The summed E-state index contributed by atoms with van der Waals surface area (Å²) in [7, 11) is 0. The Kier molecular flexibility index (Phi) is 4.01. The predicted molar refractivity (Wildman–Crippen MR) is 66.4 cm³/mol. The summed E-state index contributed by atoms with van der Waals surface area (Å²) in [5.41, 5.74) is 0.279. The number of nitrogens with one attached hydrogen (secondary N) is 2. The van der Waals surface area contributed by atoms with Gasteiger partial charge in [0.1, 0.15) is 5.82 Å². The van der Waals surface area contributed by atoms with Crippen LogP contribution in [0.1, 0.15) is 29.1 Å². The van der Waals surface area contributed by atoms with E-state index in [1.807, 2.05) is 6.92 Å². The molecule has 0 aliphatic carbocycles. The van der Waals surface area contributed by atoms with E-state index in [2.05, 4.69) is 31.0 Å². The minimum absolute atomic E-state index is 0.242. The van der Waals surface area contributed by atoms with Crippen LogP contribution < -0.4 is 10.6 Å². The molecule has 0 atom stereocenters. The minimum Gasteiger partial charge on any atom is -0.360 e. The van der Waals surface area contributed by atoms with E-state index in [0.717, 1.165) is 0 Å². The van der Waals surface area contributed by atoms with Gasteiger partial charge in [-0.05, 0) is 26.0 Å². The first kappa shape index (κ1) is 12.9. The summed E-state index contributed by atoms with van der Waals surface area (Å²) >= 11 is 0. The molecule has 0 unspecified atom stereocenters. The molecule has 2 aromatic heterocycles. The second kappa shape index (κ2) is 5.89. The van der Waals surface area contributed by atoms with Crippen LogP contribution in [-0.2, 0) is 6.54 Å². The number of anilines is 1. The largest absolute Gasteiger partial charge is 0.360 e. The van der Waals surface area contributed by atoms with Crippen LogP contribution in [0, 0.1) is 6.92 Å².